The Balaban J connectivity index is 1.59. The summed E-state index contributed by atoms with van der Waals surface area (Å²) in [5, 5.41) is 6.31. The molecule has 2 fully saturated rings. The molecule has 0 saturated carbocycles. The maximum Gasteiger partial charge on any atom is 0.424 e. The first-order chi connectivity index (χ1) is 14.4. The van der Waals surface area contributed by atoms with E-state index in [1.54, 1.807) is 4.90 Å². The molecule has 3 aliphatic rings. The highest BCUT2D eigenvalue weighted by molar-refractivity contribution is 5.54. The number of alkyl halides is 3. The SMILES string of the molecule is Fc1c(NCC2CCNC2)ncnc1N1CCOCC1C1=C=C=C(C(F)(F)F)C=C1. The van der Waals surface area contributed by atoms with Crippen LogP contribution in [0.15, 0.2) is 41.1 Å². The van der Waals surface area contributed by atoms with Gasteiger partial charge in [0.25, 0.3) is 0 Å². The van der Waals surface area contributed by atoms with Crippen molar-refractivity contribution in [2.75, 3.05) is 49.6 Å². The molecule has 10 heteroatoms. The molecule has 6 nitrogen and oxygen atoms in total. The Kier molecular flexibility index (Phi) is 5.92. The molecule has 1 aromatic heterocycles. The minimum absolute atomic E-state index is 0.0821. The zero-order valence-electron chi connectivity index (χ0n) is 16.1. The number of nitrogens with zero attached hydrogens (tertiary/aromatic N) is 3. The standard InChI is InChI=1S/C20H21F4N5O/c21-17-18(26-10-13-5-6-25-9-13)27-12-28-19(17)29-7-8-30-11-16(29)14-1-3-15(4-2-14)20(22,23)24/h1,3,12-13,16,25H,5-11H2,(H,26,27,28). The van der Waals surface area contributed by atoms with Gasteiger partial charge in [-0.15, -0.1) is 0 Å². The molecule has 2 aliphatic heterocycles. The number of hydrogen-bond acceptors (Lipinski definition) is 6. The second kappa shape index (κ2) is 8.62. The number of aromatic nitrogens is 2. The first kappa shape index (κ1) is 20.6. The van der Waals surface area contributed by atoms with Crippen LogP contribution in [0.25, 0.3) is 0 Å². The number of hydrogen-bond donors (Lipinski definition) is 2. The van der Waals surface area contributed by atoms with Gasteiger partial charge in [0.1, 0.15) is 11.9 Å². The van der Waals surface area contributed by atoms with E-state index in [9.17, 15) is 13.2 Å². The van der Waals surface area contributed by atoms with Gasteiger partial charge in [0.05, 0.1) is 19.3 Å². The summed E-state index contributed by atoms with van der Waals surface area (Å²) >= 11 is 0. The van der Waals surface area contributed by atoms with Crippen LogP contribution in [0.2, 0.25) is 0 Å². The molecule has 2 atom stereocenters. The first-order valence-electron chi connectivity index (χ1n) is 9.74. The number of anilines is 2. The van der Waals surface area contributed by atoms with Crippen molar-refractivity contribution in [2.24, 2.45) is 5.92 Å². The second-order valence-electron chi connectivity index (χ2n) is 7.33. The van der Waals surface area contributed by atoms with Crippen molar-refractivity contribution < 1.29 is 22.3 Å². The molecule has 30 heavy (non-hydrogen) atoms. The Morgan fingerprint density at radius 3 is 2.83 bits per heavy atom. The summed E-state index contributed by atoms with van der Waals surface area (Å²) in [5.74, 6) is 0.00114. The lowest BCUT2D eigenvalue weighted by Gasteiger charge is -2.36. The lowest BCUT2D eigenvalue weighted by Crippen LogP contribution is -2.47. The van der Waals surface area contributed by atoms with Crippen LogP contribution in [0.1, 0.15) is 6.42 Å². The molecule has 0 amide bonds. The second-order valence-corrected chi connectivity index (χ2v) is 7.33. The van der Waals surface area contributed by atoms with Gasteiger partial charge in [-0.05, 0) is 37.6 Å². The van der Waals surface area contributed by atoms with Crippen LogP contribution in [-0.4, -0.2) is 61.6 Å². The minimum Gasteiger partial charge on any atom is -0.377 e. The average Bonchev–Trinajstić information content (AvgIpc) is 3.26. The number of halogens is 4. The van der Waals surface area contributed by atoms with Crippen LogP contribution in [0, 0.1) is 11.7 Å². The predicted octanol–water partition coefficient (Wildman–Crippen LogP) is 2.58. The van der Waals surface area contributed by atoms with E-state index in [0.29, 0.717) is 31.2 Å². The maximum absolute atomic E-state index is 15.2. The Morgan fingerprint density at radius 1 is 1.27 bits per heavy atom. The van der Waals surface area contributed by atoms with Gasteiger partial charge in [-0.25, -0.2) is 9.97 Å². The topological polar surface area (TPSA) is 62.3 Å². The molecule has 0 radical (unpaired) electrons. The van der Waals surface area contributed by atoms with E-state index >= 15 is 4.39 Å². The largest absolute Gasteiger partial charge is 0.424 e. The molecule has 0 bridgehead atoms. The molecule has 1 aromatic rings. The summed E-state index contributed by atoms with van der Waals surface area (Å²) in [6, 6.07) is -0.534. The Labute approximate surface area is 171 Å². The summed E-state index contributed by atoms with van der Waals surface area (Å²) in [7, 11) is 0. The fourth-order valence-electron chi connectivity index (χ4n) is 3.68. The average molecular weight is 423 g/mol. The van der Waals surface area contributed by atoms with Gasteiger partial charge in [0.15, 0.2) is 11.6 Å². The molecule has 2 saturated heterocycles. The van der Waals surface area contributed by atoms with Crippen LogP contribution in [0.4, 0.5) is 29.2 Å². The third-order valence-corrected chi connectivity index (χ3v) is 5.33. The van der Waals surface area contributed by atoms with Crippen molar-refractivity contribution in [3.8, 4) is 0 Å². The lowest BCUT2D eigenvalue weighted by molar-refractivity contribution is -0.0880. The third-order valence-electron chi connectivity index (χ3n) is 5.33. The van der Waals surface area contributed by atoms with E-state index in [0.717, 1.165) is 25.6 Å². The Morgan fingerprint density at radius 2 is 2.13 bits per heavy atom. The highest BCUT2D eigenvalue weighted by Gasteiger charge is 2.34. The van der Waals surface area contributed by atoms with Crippen LogP contribution in [-0.2, 0) is 4.74 Å². The monoisotopic (exact) mass is 423 g/mol. The molecule has 0 aromatic carbocycles. The van der Waals surface area contributed by atoms with E-state index in [-0.39, 0.29) is 18.2 Å². The minimum atomic E-state index is -4.49. The van der Waals surface area contributed by atoms with E-state index in [1.165, 1.54) is 12.4 Å². The number of ether oxygens (including phenoxy) is 1. The van der Waals surface area contributed by atoms with Crippen molar-refractivity contribution >= 4 is 11.6 Å². The normalized spacial score (nSPS) is 24.1. The molecule has 4 rings (SSSR count). The molecular weight excluding hydrogens is 402 g/mol. The molecule has 1 aliphatic carbocycles. The van der Waals surface area contributed by atoms with Crippen molar-refractivity contribution in [2.45, 2.75) is 18.6 Å². The molecule has 160 valence electrons. The van der Waals surface area contributed by atoms with Gasteiger partial charge < -0.3 is 20.3 Å². The third kappa shape index (κ3) is 4.42. The Hall–Kier alpha value is -2.64. The number of morpholine rings is 1. The van der Waals surface area contributed by atoms with Crippen molar-refractivity contribution in [1.82, 2.24) is 15.3 Å². The van der Waals surface area contributed by atoms with Crippen molar-refractivity contribution in [3.05, 3.63) is 46.9 Å². The zero-order chi connectivity index (χ0) is 21.1. The summed E-state index contributed by atoms with van der Waals surface area (Å²) in [6.45, 7) is 3.27. The molecule has 3 heterocycles. The van der Waals surface area contributed by atoms with Gasteiger partial charge in [0.2, 0.25) is 5.82 Å². The number of allylic oxidation sites excluding steroid dienone is 2. The van der Waals surface area contributed by atoms with Gasteiger partial charge in [0, 0.05) is 18.7 Å². The molecule has 2 N–H and O–H groups in total. The summed E-state index contributed by atoms with van der Waals surface area (Å²) < 4.78 is 59.1. The Bertz CT molecular complexity index is 926. The molecular formula is C20H21F4N5O. The smallest absolute Gasteiger partial charge is 0.377 e. The van der Waals surface area contributed by atoms with Crippen LogP contribution in [0.3, 0.4) is 0 Å². The fourth-order valence-corrected chi connectivity index (χ4v) is 3.68. The summed E-state index contributed by atoms with van der Waals surface area (Å²) in [4.78, 5) is 9.80. The quantitative estimate of drug-likeness (QED) is 0.561. The number of rotatable bonds is 5. The van der Waals surface area contributed by atoms with Gasteiger partial charge in [-0.2, -0.15) is 17.6 Å². The predicted molar refractivity (Wildman–Crippen MR) is 103 cm³/mol. The van der Waals surface area contributed by atoms with Crippen molar-refractivity contribution in [1.29, 1.82) is 0 Å². The lowest BCUT2D eigenvalue weighted by atomic mass is 10.0. The van der Waals surface area contributed by atoms with E-state index in [4.69, 9.17) is 4.74 Å². The van der Waals surface area contributed by atoms with E-state index in [2.05, 4.69) is 32.1 Å². The van der Waals surface area contributed by atoms with E-state index < -0.39 is 23.6 Å². The van der Waals surface area contributed by atoms with Gasteiger partial charge >= 0.3 is 6.18 Å². The summed E-state index contributed by atoms with van der Waals surface area (Å²) in [5.41, 5.74) is 4.22. The maximum atomic E-state index is 15.2. The van der Waals surface area contributed by atoms with Gasteiger partial charge in [-0.1, -0.05) is 11.5 Å². The highest BCUT2D eigenvalue weighted by atomic mass is 19.4. The molecule has 0 spiro atoms. The first-order valence-corrected chi connectivity index (χ1v) is 9.74. The number of nitrogens with one attached hydrogen (secondary N) is 2. The van der Waals surface area contributed by atoms with Crippen LogP contribution >= 0.6 is 0 Å². The fraction of sp³-hybridized carbons (Fsp3) is 0.500. The highest BCUT2D eigenvalue weighted by Crippen LogP contribution is 2.31. The van der Waals surface area contributed by atoms with Crippen molar-refractivity contribution in [3.63, 3.8) is 0 Å². The van der Waals surface area contributed by atoms with Crippen LogP contribution < -0.4 is 15.5 Å². The van der Waals surface area contributed by atoms with Gasteiger partial charge in [-0.3, -0.25) is 0 Å². The molecule has 2 unspecified atom stereocenters. The van der Waals surface area contributed by atoms with E-state index in [1.807, 2.05) is 0 Å². The van der Waals surface area contributed by atoms with Crippen LogP contribution in [0.5, 0.6) is 0 Å². The zero-order valence-corrected chi connectivity index (χ0v) is 16.1. The summed E-state index contributed by atoms with van der Waals surface area (Å²) in [6.07, 6.45) is 0.0572.